The maximum atomic E-state index is 5.14. The third-order valence-electron chi connectivity index (χ3n) is 1.42. The molecule has 0 radical (unpaired) electrons. The van der Waals surface area contributed by atoms with Crippen LogP contribution in [0.3, 0.4) is 0 Å². The lowest BCUT2D eigenvalue weighted by Crippen LogP contribution is -2.35. The van der Waals surface area contributed by atoms with E-state index in [1.165, 1.54) is 0 Å². The van der Waals surface area contributed by atoms with Crippen LogP contribution in [0.4, 0.5) is 0 Å². The highest BCUT2D eigenvalue weighted by Crippen LogP contribution is 1.87. The summed E-state index contributed by atoms with van der Waals surface area (Å²) in [6.45, 7) is 1.72. The Morgan fingerprint density at radius 1 is 1.15 bits per heavy atom. The van der Waals surface area contributed by atoms with Crippen molar-refractivity contribution in [3.05, 3.63) is 0 Å². The Bertz CT molecular complexity index is 170. The number of likely N-dealkylation sites (N-methyl/N-ethyl adjacent to an activating group) is 1. The van der Waals surface area contributed by atoms with Crippen LogP contribution in [0.25, 0.3) is 0 Å². The van der Waals surface area contributed by atoms with Gasteiger partial charge in [-0.25, -0.2) is 0 Å². The standard InChI is InChI=1S/C10H15NO2/c1-4-6-12-8-10(11-3)9-13-7-5-2/h1-2,10-11H,6-9H2,3H3. The summed E-state index contributed by atoms with van der Waals surface area (Å²) < 4.78 is 10.3. The predicted octanol–water partition coefficient (Wildman–Crippen LogP) is -0.126. The number of nitrogens with one attached hydrogen (secondary N) is 1. The van der Waals surface area contributed by atoms with Gasteiger partial charge < -0.3 is 14.8 Å². The molecule has 0 aliphatic carbocycles. The molecule has 0 aromatic heterocycles. The van der Waals surface area contributed by atoms with Gasteiger partial charge in [0.05, 0.1) is 19.3 Å². The van der Waals surface area contributed by atoms with E-state index in [9.17, 15) is 0 Å². The maximum Gasteiger partial charge on any atom is 0.107 e. The number of hydrogen-bond acceptors (Lipinski definition) is 3. The van der Waals surface area contributed by atoms with E-state index in [0.717, 1.165) is 0 Å². The second-order valence-corrected chi connectivity index (χ2v) is 2.42. The fraction of sp³-hybridized carbons (Fsp3) is 0.600. The molecular formula is C10H15NO2. The Morgan fingerprint density at radius 2 is 1.62 bits per heavy atom. The fourth-order valence-electron chi connectivity index (χ4n) is 0.735. The molecule has 0 aromatic carbocycles. The Kier molecular flexibility index (Phi) is 8.39. The van der Waals surface area contributed by atoms with Gasteiger partial charge in [0.2, 0.25) is 0 Å². The molecule has 0 aliphatic rings. The SMILES string of the molecule is C#CCOCC(COCC#C)NC. The van der Waals surface area contributed by atoms with Crippen LogP contribution in [0.15, 0.2) is 0 Å². The van der Waals surface area contributed by atoms with Crippen LogP contribution in [-0.4, -0.2) is 39.5 Å². The van der Waals surface area contributed by atoms with Gasteiger partial charge in [0.1, 0.15) is 13.2 Å². The number of terminal acetylenes is 2. The van der Waals surface area contributed by atoms with Crippen molar-refractivity contribution >= 4 is 0 Å². The summed E-state index contributed by atoms with van der Waals surface area (Å²) in [5.41, 5.74) is 0. The van der Waals surface area contributed by atoms with Gasteiger partial charge in [-0.1, -0.05) is 11.8 Å². The van der Waals surface area contributed by atoms with Crippen LogP contribution in [0.1, 0.15) is 0 Å². The molecule has 0 aromatic rings. The first-order valence-electron chi connectivity index (χ1n) is 4.04. The summed E-state index contributed by atoms with van der Waals surface area (Å²) in [4.78, 5) is 0. The first-order valence-corrected chi connectivity index (χ1v) is 4.04. The number of hydrogen-bond donors (Lipinski definition) is 1. The van der Waals surface area contributed by atoms with Crippen molar-refractivity contribution in [2.24, 2.45) is 0 Å². The lowest BCUT2D eigenvalue weighted by Gasteiger charge is -2.14. The minimum Gasteiger partial charge on any atom is -0.367 e. The Balaban J connectivity index is 3.41. The van der Waals surface area contributed by atoms with E-state index in [2.05, 4.69) is 17.2 Å². The van der Waals surface area contributed by atoms with Crippen LogP contribution < -0.4 is 5.32 Å². The molecule has 0 unspecified atom stereocenters. The van der Waals surface area contributed by atoms with E-state index in [-0.39, 0.29) is 6.04 Å². The van der Waals surface area contributed by atoms with Gasteiger partial charge in [-0.2, -0.15) is 0 Å². The Labute approximate surface area is 79.8 Å². The highest BCUT2D eigenvalue weighted by atomic mass is 16.5. The van der Waals surface area contributed by atoms with Crippen molar-refractivity contribution < 1.29 is 9.47 Å². The summed E-state index contributed by atoms with van der Waals surface area (Å²) in [5, 5.41) is 3.03. The van der Waals surface area contributed by atoms with E-state index in [4.69, 9.17) is 22.3 Å². The maximum absolute atomic E-state index is 5.14. The molecule has 3 nitrogen and oxygen atoms in total. The van der Waals surface area contributed by atoms with Crippen molar-refractivity contribution in [2.45, 2.75) is 6.04 Å². The normalized spacial score (nSPS) is 9.54. The number of rotatable bonds is 7. The van der Waals surface area contributed by atoms with Crippen molar-refractivity contribution in [1.82, 2.24) is 5.32 Å². The molecule has 0 rings (SSSR count). The van der Waals surface area contributed by atoms with Crippen LogP contribution in [-0.2, 0) is 9.47 Å². The first kappa shape index (κ1) is 12.0. The highest BCUT2D eigenvalue weighted by Gasteiger charge is 2.04. The second-order valence-electron chi connectivity index (χ2n) is 2.42. The Hall–Kier alpha value is -1.00. The molecule has 0 amide bonds. The smallest absolute Gasteiger partial charge is 0.107 e. The molecule has 3 heteroatoms. The molecule has 0 saturated carbocycles. The third kappa shape index (κ3) is 7.36. The van der Waals surface area contributed by atoms with Crippen molar-refractivity contribution in [3.8, 4) is 24.7 Å². The Morgan fingerprint density at radius 3 is 1.92 bits per heavy atom. The summed E-state index contributed by atoms with van der Waals surface area (Å²) >= 11 is 0. The van der Waals surface area contributed by atoms with Crippen LogP contribution in [0, 0.1) is 24.7 Å². The van der Waals surface area contributed by atoms with E-state index in [0.29, 0.717) is 26.4 Å². The first-order chi connectivity index (χ1) is 6.35. The highest BCUT2D eigenvalue weighted by molar-refractivity contribution is 4.84. The van der Waals surface area contributed by atoms with Gasteiger partial charge in [0.25, 0.3) is 0 Å². The topological polar surface area (TPSA) is 30.5 Å². The van der Waals surface area contributed by atoms with E-state index in [1.54, 1.807) is 0 Å². The largest absolute Gasteiger partial charge is 0.367 e. The van der Waals surface area contributed by atoms with Gasteiger partial charge in [0.15, 0.2) is 0 Å². The van der Waals surface area contributed by atoms with Gasteiger partial charge in [-0.3, -0.25) is 0 Å². The molecule has 72 valence electrons. The van der Waals surface area contributed by atoms with Crippen molar-refractivity contribution in [1.29, 1.82) is 0 Å². The van der Waals surface area contributed by atoms with Crippen LogP contribution in [0.5, 0.6) is 0 Å². The quantitative estimate of drug-likeness (QED) is 0.438. The van der Waals surface area contributed by atoms with Gasteiger partial charge >= 0.3 is 0 Å². The van der Waals surface area contributed by atoms with E-state index >= 15 is 0 Å². The minimum absolute atomic E-state index is 0.140. The molecule has 0 heterocycles. The van der Waals surface area contributed by atoms with Gasteiger partial charge in [0, 0.05) is 0 Å². The zero-order valence-corrected chi connectivity index (χ0v) is 7.88. The van der Waals surface area contributed by atoms with Crippen molar-refractivity contribution in [3.63, 3.8) is 0 Å². The zero-order chi connectivity index (χ0) is 9.94. The fourth-order valence-corrected chi connectivity index (χ4v) is 0.735. The molecule has 0 spiro atoms. The zero-order valence-electron chi connectivity index (χ0n) is 7.88. The van der Waals surface area contributed by atoms with Crippen molar-refractivity contribution in [2.75, 3.05) is 33.5 Å². The summed E-state index contributed by atoms with van der Waals surface area (Å²) in [7, 11) is 1.84. The summed E-state index contributed by atoms with van der Waals surface area (Å²) in [6.07, 6.45) is 10.0. The molecule has 0 atom stereocenters. The molecule has 0 aliphatic heterocycles. The molecule has 0 fully saturated rings. The number of ether oxygens (including phenoxy) is 2. The summed E-state index contributed by atoms with van der Waals surface area (Å²) in [6, 6.07) is 0.140. The molecule has 0 bridgehead atoms. The molecule has 0 saturated heterocycles. The lowest BCUT2D eigenvalue weighted by molar-refractivity contribution is 0.0825. The third-order valence-corrected chi connectivity index (χ3v) is 1.42. The van der Waals surface area contributed by atoms with Crippen LogP contribution in [0.2, 0.25) is 0 Å². The molecular weight excluding hydrogens is 166 g/mol. The second kappa shape index (κ2) is 9.09. The van der Waals surface area contributed by atoms with E-state index < -0.39 is 0 Å². The van der Waals surface area contributed by atoms with Gasteiger partial charge in [-0.05, 0) is 7.05 Å². The average Bonchev–Trinajstić information content (AvgIpc) is 2.16. The lowest BCUT2D eigenvalue weighted by atomic mass is 10.3. The minimum atomic E-state index is 0.140. The predicted molar refractivity (Wildman–Crippen MR) is 52.2 cm³/mol. The average molecular weight is 181 g/mol. The monoisotopic (exact) mass is 181 g/mol. The molecule has 1 N–H and O–H groups in total. The van der Waals surface area contributed by atoms with E-state index in [1.807, 2.05) is 7.05 Å². The van der Waals surface area contributed by atoms with Gasteiger partial charge in [-0.15, -0.1) is 12.8 Å². The molecule has 13 heavy (non-hydrogen) atoms. The van der Waals surface area contributed by atoms with Crippen LogP contribution >= 0.6 is 0 Å². The summed E-state index contributed by atoms with van der Waals surface area (Å²) in [5.74, 6) is 4.78.